The van der Waals surface area contributed by atoms with Crippen molar-refractivity contribution in [2.24, 2.45) is 0 Å². The summed E-state index contributed by atoms with van der Waals surface area (Å²) in [6.45, 7) is 0.0658. The molecule has 0 aliphatic rings. The number of benzene rings is 1. The quantitative estimate of drug-likeness (QED) is 0.744. The Balaban J connectivity index is 1.88. The van der Waals surface area contributed by atoms with E-state index in [1.807, 2.05) is 0 Å². The molecule has 1 heterocycles. The summed E-state index contributed by atoms with van der Waals surface area (Å²) in [5, 5.41) is 20.5. The molecule has 19 heavy (non-hydrogen) atoms. The summed E-state index contributed by atoms with van der Waals surface area (Å²) in [6, 6.07) is 3.85. The Morgan fingerprint density at radius 2 is 2.37 bits per heavy atom. The maximum Gasteiger partial charge on any atom is 0.162 e. The van der Waals surface area contributed by atoms with Gasteiger partial charge in [0.25, 0.3) is 0 Å². The zero-order valence-corrected chi connectivity index (χ0v) is 9.81. The van der Waals surface area contributed by atoms with Crippen molar-refractivity contribution in [3.05, 3.63) is 35.9 Å². The van der Waals surface area contributed by atoms with Gasteiger partial charge < -0.3 is 9.84 Å². The molecular weight excluding hydrogens is 255 g/mol. The Morgan fingerprint density at radius 3 is 3.00 bits per heavy atom. The van der Waals surface area contributed by atoms with Gasteiger partial charge in [0.2, 0.25) is 0 Å². The summed E-state index contributed by atoms with van der Waals surface area (Å²) in [7, 11) is 0. The van der Waals surface area contributed by atoms with Gasteiger partial charge >= 0.3 is 0 Å². The fourth-order valence-corrected chi connectivity index (χ4v) is 1.40. The monoisotopic (exact) mass is 266 g/mol. The van der Waals surface area contributed by atoms with E-state index < -0.39 is 11.9 Å². The predicted octanol–water partition coefficient (Wildman–Crippen LogP) is 0.0646. The lowest BCUT2D eigenvalue weighted by atomic mass is 10.2. The van der Waals surface area contributed by atoms with Gasteiger partial charge in [-0.25, -0.2) is 4.39 Å². The lowest BCUT2D eigenvalue weighted by Gasteiger charge is -2.11. The van der Waals surface area contributed by atoms with Gasteiger partial charge in [0.1, 0.15) is 24.3 Å². The highest BCUT2D eigenvalue weighted by Gasteiger charge is 2.09. The Labute approximate surface area is 107 Å². The molecule has 0 aliphatic heterocycles. The van der Waals surface area contributed by atoms with Gasteiger partial charge in [0.05, 0.1) is 12.1 Å². The van der Waals surface area contributed by atoms with Crippen molar-refractivity contribution in [2.45, 2.75) is 12.6 Å². The normalized spacial score (nSPS) is 12.1. The number of nitrogens with zero attached hydrogens (tertiary/aromatic N) is 4. The molecule has 1 aromatic carbocycles. The first-order valence-electron chi connectivity index (χ1n) is 5.45. The van der Waals surface area contributed by atoms with Crippen LogP contribution in [0, 0.1) is 5.82 Å². The summed E-state index contributed by atoms with van der Waals surface area (Å²) >= 11 is 0. The fraction of sp³-hybridized carbons (Fsp3) is 0.273. The van der Waals surface area contributed by atoms with Crippen LogP contribution < -0.4 is 4.74 Å². The van der Waals surface area contributed by atoms with Gasteiger partial charge in [0, 0.05) is 6.07 Å². The van der Waals surface area contributed by atoms with Gasteiger partial charge in [-0.3, -0.25) is 4.79 Å². The lowest BCUT2D eigenvalue weighted by Crippen LogP contribution is -2.24. The van der Waals surface area contributed by atoms with Crippen molar-refractivity contribution in [3.63, 3.8) is 0 Å². The molecule has 0 aliphatic carbocycles. The molecule has 0 radical (unpaired) electrons. The molecule has 0 saturated carbocycles. The molecule has 0 spiro atoms. The Morgan fingerprint density at radius 1 is 1.53 bits per heavy atom. The molecule has 2 rings (SSSR count). The molecule has 1 atom stereocenters. The molecule has 0 saturated heterocycles. The highest BCUT2D eigenvalue weighted by molar-refractivity contribution is 5.75. The van der Waals surface area contributed by atoms with E-state index in [0.717, 1.165) is 6.07 Å². The molecular formula is C11H11FN4O3. The SMILES string of the molecule is O=Cc1ccc(OC[C@H](O)Cn2ncnn2)cc1F. The zero-order chi connectivity index (χ0) is 13.7. The number of tetrazole rings is 1. The molecule has 2 aromatic rings. The lowest BCUT2D eigenvalue weighted by molar-refractivity contribution is 0.0847. The summed E-state index contributed by atoms with van der Waals surface area (Å²) in [5.74, 6) is -0.436. The molecule has 1 aromatic heterocycles. The third kappa shape index (κ3) is 3.55. The van der Waals surface area contributed by atoms with E-state index in [1.54, 1.807) is 0 Å². The van der Waals surface area contributed by atoms with Gasteiger partial charge in [-0.1, -0.05) is 0 Å². The number of aromatic nitrogens is 4. The molecule has 1 N–H and O–H groups in total. The van der Waals surface area contributed by atoms with Crippen LogP contribution in [-0.4, -0.2) is 44.3 Å². The molecule has 0 amide bonds. The summed E-state index contributed by atoms with van der Waals surface area (Å²) in [5.41, 5.74) is -0.0419. The second-order valence-electron chi connectivity index (χ2n) is 3.76. The molecule has 8 heteroatoms. The minimum Gasteiger partial charge on any atom is -0.491 e. The van der Waals surface area contributed by atoms with E-state index in [9.17, 15) is 14.3 Å². The zero-order valence-electron chi connectivity index (χ0n) is 9.81. The van der Waals surface area contributed by atoms with E-state index in [1.165, 1.54) is 23.3 Å². The molecule has 0 bridgehead atoms. The highest BCUT2D eigenvalue weighted by Crippen LogP contribution is 2.15. The van der Waals surface area contributed by atoms with Crippen molar-refractivity contribution in [1.29, 1.82) is 0 Å². The number of aliphatic hydroxyl groups is 1. The van der Waals surface area contributed by atoms with Crippen molar-refractivity contribution in [2.75, 3.05) is 6.61 Å². The van der Waals surface area contributed by atoms with Crippen LogP contribution in [0.4, 0.5) is 4.39 Å². The molecule has 0 fully saturated rings. The topological polar surface area (TPSA) is 90.1 Å². The van der Waals surface area contributed by atoms with Gasteiger partial charge in [-0.05, 0) is 17.3 Å². The van der Waals surface area contributed by atoms with Crippen molar-refractivity contribution < 1.29 is 19.0 Å². The van der Waals surface area contributed by atoms with Crippen LogP contribution >= 0.6 is 0 Å². The molecule has 0 unspecified atom stereocenters. The maximum absolute atomic E-state index is 13.3. The minimum atomic E-state index is -0.858. The molecule has 7 nitrogen and oxygen atoms in total. The summed E-state index contributed by atoms with van der Waals surface area (Å²) in [4.78, 5) is 11.7. The van der Waals surface area contributed by atoms with Crippen LogP contribution in [0.5, 0.6) is 5.75 Å². The van der Waals surface area contributed by atoms with Crippen LogP contribution in [0.2, 0.25) is 0 Å². The highest BCUT2D eigenvalue weighted by atomic mass is 19.1. The van der Waals surface area contributed by atoms with Crippen LogP contribution in [0.3, 0.4) is 0 Å². The van der Waals surface area contributed by atoms with Crippen molar-refractivity contribution in [1.82, 2.24) is 20.2 Å². The number of carbonyl (C=O) groups is 1. The number of carbonyl (C=O) groups excluding carboxylic acids is 1. The Bertz CT molecular complexity index is 547. The van der Waals surface area contributed by atoms with Crippen LogP contribution in [0.15, 0.2) is 24.5 Å². The maximum atomic E-state index is 13.3. The van der Waals surface area contributed by atoms with Gasteiger partial charge in [0.15, 0.2) is 12.6 Å². The fourth-order valence-electron chi connectivity index (χ4n) is 1.40. The Kier molecular flexibility index (Phi) is 4.14. The predicted molar refractivity (Wildman–Crippen MR) is 61.1 cm³/mol. The average molecular weight is 266 g/mol. The van der Waals surface area contributed by atoms with E-state index in [-0.39, 0.29) is 24.5 Å². The van der Waals surface area contributed by atoms with Crippen molar-refractivity contribution >= 4 is 6.29 Å². The number of rotatable bonds is 6. The number of hydrogen-bond donors (Lipinski definition) is 1. The summed E-state index contributed by atoms with van der Waals surface area (Å²) < 4.78 is 18.5. The van der Waals surface area contributed by atoms with E-state index >= 15 is 0 Å². The minimum absolute atomic E-state index is 0.0419. The third-order valence-electron chi connectivity index (χ3n) is 2.31. The Hall–Kier alpha value is -2.35. The number of halogens is 1. The first kappa shape index (κ1) is 13.1. The van der Waals surface area contributed by atoms with E-state index in [0.29, 0.717) is 6.29 Å². The molecule has 100 valence electrons. The number of aldehydes is 1. The third-order valence-corrected chi connectivity index (χ3v) is 2.31. The number of ether oxygens (including phenoxy) is 1. The smallest absolute Gasteiger partial charge is 0.162 e. The second kappa shape index (κ2) is 6.01. The van der Waals surface area contributed by atoms with Crippen molar-refractivity contribution in [3.8, 4) is 5.75 Å². The number of hydrogen-bond acceptors (Lipinski definition) is 6. The van der Waals surface area contributed by atoms with Gasteiger partial charge in [-0.2, -0.15) is 4.80 Å². The van der Waals surface area contributed by atoms with E-state index in [4.69, 9.17) is 4.74 Å². The summed E-state index contributed by atoms with van der Waals surface area (Å²) in [6.07, 6.45) is 0.814. The van der Waals surface area contributed by atoms with E-state index in [2.05, 4.69) is 15.4 Å². The first-order chi connectivity index (χ1) is 9.19. The first-order valence-corrected chi connectivity index (χ1v) is 5.45. The van der Waals surface area contributed by atoms with Crippen LogP contribution in [-0.2, 0) is 6.54 Å². The van der Waals surface area contributed by atoms with Gasteiger partial charge in [-0.15, -0.1) is 10.2 Å². The average Bonchev–Trinajstić information content (AvgIpc) is 2.89. The second-order valence-corrected chi connectivity index (χ2v) is 3.76. The number of aliphatic hydroxyl groups excluding tert-OH is 1. The van der Waals surface area contributed by atoms with Crippen LogP contribution in [0.1, 0.15) is 10.4 Å². The van der Waals surface area contributed by atoms with Crippen LogP contribution in [0.25, 0.3) is 0 Å². The largest absolute Gasteiger partial charge is 0.491 e. The standard InChI is InChI=1S/C11H11FN4O3/c12-11-3-10(2-1-8(11)5-17)19-6-9(18)4-16-14-7-13-15-16/h1-3,5,7,9,18H,4,6H2/t9-/m1/s1.